The summed E-state index contributed by atoms with van der Waals surface area (Å²) in [6.07, 6.45) is 3.99. The van der Waals surface area contributed by atoms with Crippen LogP contribution in [0.2, 0.25) is 0 Å². The van der Waals surface area contributed by atoms with Gasteiger partial charge in [0.05, 0.1) is 15.2 Å². The van der Waals surface area contributed by atoms with E-state index in [4.69, 9.17) is 5.14 Å². The highest BCUT2D eigenvalue weighted by atomic mass is 32.2. The van der Waals surface area contributed by atoms with Crippen LogP contribution in [0.1, 0.15) is 18.4 Å². The van der Waals surface area contributed by atoms with E-state index in [0.717, 1.165) is 28.0 Å². The number of nitrogens with one attached hydrogen (secondary N) is 2. The molecule has 3 aromatic rings. The summed E-state index contributed by atoms with van der Waals surface area (Å²) in [4.78, 5) is 9.29. The third kappa shape index (κ3) is 3.79. The second-order valence-electron chi connectivity index (χ2n) is 6.60. The molecule has 1 saturated carbocycles. The second-order valence-corrected chi connectivity index (χ2v) is 8.52. The van der Waals surface area contributed by atoms with Gasteiger partial charge in [-0.15, -0.1) is 0 Å². The molecule has 1 aliphatic rings. The Balaban J connectivity index is 1.53. The van der Waals surface area contributed by atoms with Crippen LogP contribution in [-0.2, 0) is 16.3 Å². The number of aromatic nitrogens is 2. The first-order valence-electron chi connectivity index (χ1n) is 8.48. The normalized spacial score (nSPS) is 16.2. The molecule has 0 radical (unpaired) electrons. The Kier molecular flexibility index (Phi) is 4.26. The maximum atomic E-state index is 11.9. The first kappa shape index (κ1) is 16.8. The van der Waals surface area contributed by atoms with E-state index in [1.807, 2.05) is 36.4 Å². The third-order valence-corrected chi connectivity index (χ3v) is 5.40. The number of anilines is 2. The van der Waals surface area contributed by atoms with E-state index < -0.39 is 9.71 Å². The minimum absolute atomic E-state index is 0.545. The molecule has 1 aromatic heterocycles. The molecule has 0 amide bonds. The van der Waals surface area contributed by atoms with Crippen LogP contribution >= 0.6 is 0 Å². The zero-order valence-electron chi connectivity index (χ0n) is 14.3. The fourth-order valence-corrected chi connectivity index (χ4v) is 3.44. The zero-order chi connectivity index (χ0) is 18.1. The molecule has 1 heterocycles. The van der Waals surface area contributed by atoms with E-state index >= 15 is 0 Å². The van der Waals surface area contributed by atoms with Crippen LogP contribution in [0, 0.1) is 0 Å². The molecule has 1 unspecified atom stereocenters. The number of hydrogen-bond acceptors (Lipinski definition) is 5. The average Bonchev–Trinajstić information content (AvgIpc) is 3.44. The number of nitrogens with two attached hydrogens (primary N) is 1. The van der Waals surface area contributed by atoms with Crippen molar-refractivity contribution in [3.05, 3.63) is 54.4 Å². The Hall–Kier alpha value is -2.64. The summed E-state index contributed by atoms with van der Waals surface area (Å²) in [5.41, 5.74) is 2.84. The SMILES string of the molecule is C=S(N)(=O)c1cccc(CNc2ccc3c(NC4CC4)ncnc3c2)c1. The highest BCUT2D eigenvalue weighted by molar-refractivity contribution is 7.98. The summed E-state index contributed by atoms with van der Waals surface area (Å²) < 4.78 is 11.9. The second kappa shape index (κ2) is 6.59. The number of benzene rings is 2. The summed E-state index contributed by atoms with van der Waals surface area (Å²) in [7, 11) is -2.70. The smallest absolute Gasteiger partial charge is 0.137 e. The Bertz CT molecular complexity index is 1060. The van der Waals surface area contributed by atoms with Gasteiger partial charge < -0.3 is 10.6 Å². The van der Waals surface area contributed by atoms with Crippen molar-refractivity contribution in [2.24, 2.45) is 5.14 Å². The maximum absolute atomic E-state index is 11.9. The highest BCUT2D eigenvalue weighted by Crippen LogP contribution is 2.28. The van der Waals surface area contributed by atoms with Crippen LogP contribution < -0.4 is 15.8 Å². The number of hydrogen-bond donors (Lipinski definition) is 3. The summed E-state index contributed by atoms with van der Waals surface area (Å²) in [5.74, 6) is 4.43. The molecule has 6 nitrogen and oxygen atoms in total. The lowest BCUT2D eigenvalue weighted by atomic mass is 10.2. The molecular weight excluding hydrogens is 346 g/mol. The van der Waals surface area contributed by atoms with Gasteiger partial charge >= 0.3 is 0 Å². The van der Waals surface area contributed by atoms with Gasteiger partial charge in [-0.05, 0) is 54.6 Å². The van der Waals surface area contributed by atoms with Gasteiger partial charge in [-0.2, -0.15) is 0 Å². The minimum Gasteiger partial charge on any atom is -0.381 e. The molecule has 0 saturated heterocycles. The van der Waals surface area contributed by atoms with Crippen LogP contribution in [0.3, 0.4) is 0 Å². The Morgan fingerprint density at radius 1 is 1.19 bits per heavy atom. The molecule has 1 fully saturated rings. The third-order valence-electron chi connectivity index (χ3n) is 4.35. The average molecular weight is 367 g/mol. The monoisotopic (exact) mass is 367 g/mol. The van der Waals surface area contributed by atoms with Crippen LogP contribution in [-0.4, -0.2) is 26.1 Å². The van der Waals surface area contributed by atoms with Gasteiger partial charge in [-0.25, -0.2) is 14.2 Å². The Labute approximate surface area is 153 Å². The number of fused-ring (bicyclic) bond motifs is 1. The lowest BCUT2D eigenvalue weighted by Crippen LogP contribution is -2.12. The molecule has 1 aliphatic carbocycles. The van der Waals surface area contributed by atoms with Crippen molar-refractivity contribution in [2.45, 2.75) is 30.3 Å². The summed E-state index contributed by atoms with van der Waals surface area (Å²) in [6.45, 7) is 0.590. The molecule has 7 heteroatoms. The van der Waals surface area contributed by atoms with E-state index in [0.29, 0.717) is 17.5 Å². The number of rotatable bonds is 6. The van der Waals surface area contributed by atoms with Gasteiger partial charge in [0, 0.05) is 28.6 Å². The largest absolute Gasteiger partial charge is 0.381 e. The lowest BCUT2D eigenvalue weighted by molar-refractivity contribution is 0.682. The molecule has 0 bridgehead atoms. The molecule has 0 aliphatic heterocycles. The van der Waals surface area contributed by atoms with Crippen molar-refractivity contribution in [1.29, 1.82) is 0 Å². The molecule has 26 heavy (non-hydrogen) atoms. The molecule has 4 rings (SSSR count). The van der Waals surface area contributed by atoms with Crippen molar-refractivity contribution in [2.75, 3.05) is 10.6 Å². The molecule has 4 N–H and O–H groups in total. The van der Waals surface area contributed by atoms with E-state index in [9.17, 15) is 4.21 Å². The topological polar surface area (TPSA) is 92.9 Å². The number of nitrogens with zero attached hydrogens (tertiary/aromatic N) is 2. The summed E-state index contributed by atoms with van der Waals surface area (Å²) in [5, 5.41) is 13.5. The van der Waals surface area contributed by atoms with E-state index in [-0.39, 0.29) is 0 Å². The van der Waals surface area contributed by atoms with Gasteiger partial charge in [0.25, 0.3) is 0 Å². The van der Waals surface area contributed by atoms with Gasteiger partial charge in [-0.1, -0.05) is 12.1 Å². The van der Waals surface area contributed by atoms with Crippen LogP contribution in [0.15, 0.2) is 53.7 Å². The van der Waals surface area contributed by atoms with E-state index in [1.165, 1.54) is 12.8 Å². The van der Waals surface area contributed by atoms with Crippen LogP contribution in [0.25, 0.3) is 10.9 Å². The fraction of sp³-hybridized carbons (Fsp3) is 0.211. The first-order valence-corrected chi connectivity index (χ1v) is 10.3. The van der Waals surface area contributed by atoms with Crippen molar-refractivity contribution < 1.29 is 4.21 Å². The predicted octanol–water partition coefficient (Wildman–Crippen LogP) is 2.77. The van der Waals surface area contributed by atoms with Crippen molar-refractivity contribution >= 4 is 38.0 Å². The van der Waals surface area contributed by atoms with Crippen molar-refractivity contribution in [3.8, 4) is 0 Å². The fourth-order valence-electron chi connectivity index (χ4n) is 2.78. The highest BCUT2D eigenvalue weighted by Gasteiger charge is 2.22. The van der Waals surface area contributed by atoms with Crippen molar-refractivity contribution in [3.63, 3.8) is 0 Å². The van der Waals surface area contributed by atoms with Gasteiger partial charge in [0.2, 0.25) is 0 Å². The standard InChI is InChI=1S/C19H21N5OS/c1-26(20,25)16-4-2-3-13(9-16)11-21-15-7-8-17-18(10-15)22-12-23-19(17)24-14-5-6-14/h2-4,7-10,12,14,21H,1,5-6,11H2,(H2,20,25)(H,22,23,24). The predicted molar refractivity (Wildman–Crippen MR) is 108 cm³/mol. The van der Waals surface area contributed by atoms with E-state index in [2.05, 4.69) is 26.5 Å². The Morgan fingerprint density at radius 3 is 2.81 bits per heavy atom. The quantitative estimate of drug-likeness (QED) is 0.583. The maximum Gasteiger partial charge on any atom is 0.137 e. The van der Waals surface area contributed by atoms with Crippen molar-refractivity contribution in [1.82, 2.24) is 9.97 Å². The summed E-state index contributed by atoms with van der Waals surface area (Å²) >= 11 is 0. The lowest BCUT2D eigenvalue weighted by Gasteiger charge is -2.11. The molecule has 0 spiro atoms. The van der Waals surface area contributed by atoms with Gasteiger partial charge in [0.1, 0.15) is 12.1 Å². The first-order chi connectivity index (χ1) is 12.5. The van der Waals surface area contributed by atoms with E-state index in [1.54, 1.807) is 12.4 Å². The molecule has 1 atom stereocenters. The van der Waals surface area contributed by atoms with Gasteiger partial charge in [-0.3, -0.25) is 5.14 Å². The molecular formula is C19H21N5OS. The van der Waals surface area contributed by atoms with Crippen LogP contribution in [0.4, 0.5) is 11.5 Å². The van der Waals surface area contributed by atoms with Crippen LogP contribution in [0.5, 0.6) is 0 Å². The molecule has 134 valence electrons. The molecule has 2 aromatic carbocycles. The minimum atomic E-state index is -2.70. The van der Waals surface area contributed by atoms with Gasteiger partial charge in [0.15, 0.2) is 0 Å². The Morgan fingerprint density at radius 2 is 2.04 bits per heavy atom. The summed E-state index contributed by atoms with van der Waals surface area (Å²) in [6, 6.07) is 14.0. The zero-order valence-corrected chi connectivity index (χ0v) is 15.1.